The molecule has 1 aromatic carbocycles. The van der Waals surface area contributed by atoms with Crippen molar-refractivity contribution >= 4 is 22.5 Å². The van der Waals surface area contributed by atoms with Crippen molar-refractivity contribution in [1.82, 2.24) is 0 Å². The van der Waals surface area contributed by atoms with Crippen LogP contribution < -0.4 is 11.4 Å². The molecule has 4 heteroatoms. The molecule has 16 heavy (non-hydrogen) atoms. The van der Waals surface area contributed by atoms with E-state index in [1.165, 1.54) is 6.07 Å². The first-order valence-corrected chi connectivity index (χ1v) is 4.91. The minimum Gasteiger partial charge on any atom is -0.423 e. The van der Waals surface area contributed by atoms with Gasteiger partial charge in [-0.1, -0.05) is 0 Å². The van der Waals surface area contributed by atoms with Crippen LogP contribution in [0.25, 0.3) is 11.0 Å². The van der Waals surface area contributed by atoms with Crippen LogP contribution in [0.15, 0.2) is 38.5 Å². The molecule has 0 aliphatic carbocycles. The van der Waals surface area contributed by atoms with Crippen LogP contribution in [0, 0.1) is 6.92 Å². The zero-order valence-electron chi connectivity index (χ0n) is 9.15. The van der Waals surface area contributed by atoms with E-state index in [1.54, 1.807) is 13.0 Å². The fourth-order valence-corrected chi connectivity index (χ4v) is 1.59. The summed E-state index contributed by atoms with van der Waals surface area (Å²) in [5.41, 5.74) is 7.25. The Hall–Kier alpha value is -2.10. The maximum absolute atomic E-state index is 11.2. The van der Waals surface area contributed by atoms with Gasteiger partial charge in [0, 0.05) is 17.5 Å². The topological polar surface area (TPSA) is 68.6 Å². The third-order valence-corrected chi connectivity index (χ3v) is 2.24. The van der Waals surface area contributed by atoms with E-state index >= 15 is 0 Å². The van der Waals surface area contributed by atoms with E-state index in [1.807, 2.05) is 19.1 Å². The molecule has 0 radical (unpaired) electrons. The summed E-state index contributed by atoms with van der Waals surface area (Å²) in [6.07, 6.45) is 0. The Bertz CT molecular complexity index is 622. The van der Waals surface area contributed by atoms with Gasteiger partial charge < -0.3 is 10.2 Å². The first kappa shape index (κ1) is 10.4. The molecule has 2 aromatic rings. The number of benzene rings is 1. The minimum absolute atomic E-state index is 0.351. The summed E-state index contributed by atoms with van der Waals surface area (Å²) in [5.74, 6) is 0.467. The lowest BCUT2D eigenvalue weighted by atomic mass is 10.1. The molecule has 0 atom stereocenters. The molecule has 1 aromatic heterocycles. The monoisotopic (exact) mass is 216 g/mol. The van der Waals surface area contributed by atoms with Gasteiger partial charge in [0.2, 0.25) is 0 Å². The maximum Gasteiger partial charge on any atom is 0.336 e. The number of nitrogens with two attached hydrogens (primary N) is 1. The summed E-state index contributed by atoms with van der Waals surface area (Å²) in [4.78, 5) is 15.3. The van der Waals surface area contributed by atoms with Crippen LogP contribution in [0.2, 0.25) is 0 Å². The molecule has 0 spiro atoms. The fraction of sp³-hybridized carbons (Fsp3) is 0.167. The summed E-state index contributed by atoms with van der Waals surface area (Å²) in [5, 5.41) is 0.910. The maximum atomic E-state index is 11.2. The van der Waals surface area contributed by atoms with Crippen molar-refractivity contribution in [2.24, 2.45) is 10.7 Å². The Labute approximate surface area is 92.4 Å². The zero-order chi connectivity index (χ0) is 11.7. The third kappa shape index (κ3) is 1.95. The van der Waals surface area contributed by atoms with Crippen LogP contribution in [0.1, 0.15) is 12.5 Å². The predicted molar refractivity (Wildman–Crippen MR) is 64.2 cm³/mol. The molecule has 0 saturated carbocycles. The Morgan fingerprint density at radius 1 is 1.38 bits per heavy atom. The van der Waals surface area contributed by atoms with E-state index in [0.29, 0.717) is 17.1 Å². The molecule has 0 saturated heterocycles. The lowest BCUT2D eigenvalue weighted by Crippen LogP contribution is -2.03. The molecular weight excluding hydrogens is 204 g/mol. The Balaban J connectivity index is 2.71. The third-order valence-electron chi connectivity index (χ3n) is 2.24. The number of rotatable bonds is 1. The van der Waals surface area contributed by atoms with Gasteiger partial charge >= 0.3 is 5.63 Å². The average Bonchev–Trinajstić information content (AvgIpc) is 2.15. The van der Waals surface area contributed by atoms with E-state index < -0.39 is 0 Å². The predicted octanol–water partition coefficient (Wildman–Crippen LogP) is 2.11. The van der Waals surface area contributed by atoms with Crippen molar-refractivity contribution in [2.45, 2.75) is 13.8 Å². The lowest BCUT2D eigenvalue weighted by Gasteiger charge is -2.01. The summed E-state index contributed by atoms with van der Waals surface area (Å²) in [6.45, 7) is 3.58. The molecule has 4 nitrogen and oxygen atoms in total. The van der Waals surface area contributed by atoms with E-state index in [2.05, 4.69) is 4.99 Å². The normalized spacial score (nSPS) is 12.0. The van der Waals surface area contributed by atoms with Crippen molar-refractivity contribution < 1.29 is 4.42 Å². The lowest BCUT2D eigenvalue weighted by molar-refractivity contribution is 0.560. The van der Waals surface area contributed by atoms with Crippen molar-refractivity contribution in [2.75, 3.05) is 0 Å². The minimum atomic E-state index is -0.351. The Morgan fingerprint density at radius 3 is 2.81 bits per heavy atom. The van der Waals surface area contributed by atoms with Gasteiger partial charge in [-0.3, -0.25) is 0 Å². The molecule has 0 amide bonds. The Morgan fingerprint density at radius 2 is 2.12 bits per heavy atom. The van der Waals surface area contributed by atoms with Gasteiger partial charge in [0.05, 0.1) is 11.5 Å². The second kappa shape index (κ2) is 3.81. The highest BCUT2D eigenvalue weighted by Gasteiger charge is 2.02. The van der Waals surface area contributed by atoms with Gasteiger partial charge in [-0.2, -0.15) is 0 Å². The van der Waals surface area contributed by atoms with Crippen molar-refractivity contribution in [3.8, 4) is 0 Å². The molecule has 0 aliphatic heterocycles. The molecule has 1 heterocycles. The van der Waals surface area contributed by atoms with Gasteiger partial charge in [-0.05, 0) is 31.5 Å². The first-order chi connectivity index (χ1) is 7.56. The van der Waals surface area contributed by atoms with Gasteiger partial charge in [-0.25, -0.2) is 9.79 Å². The number of nitrogens with zero attached hydrogens (tertiary/aromatic N) is 1. The van der Waals surface area contributed by atoms with Crippen LogP contribution in [-0.2, 0) is 0 Å². The average molecular weight is 216 g/mol. The zero-order valence-corrected chi connectivity index (χ0v) is 9.15. The standard InChI is InChI=1S/C12H12N2O2/c1-7-5-12(15)16-11-6-9(14-8(2)13)3-4-10(7)11/h3-6H,1-2H3,(H2,13,14). The second-order valence-electron chi connectivity index (χ2n) is 3.68. The molecule has 2 N–H and O–H groups in total. The summed E-state index contributed by atoms with van der Waals surface area (Å²) < 4.78 is 5.10. The first-order valence-electron chi connectivity index (χ1n) is 4.91. The highest BCUT2D eigenvalue weighted by Crippen LogP contribution is 2.22. The number of hydrogen-bond donors (Lipinski definition) is 1. The molecule has 0 fully saturated rings. The van der Waals surface area contributed by atoms with Crippen LogP contribution in [-0.4, -0.2) is 5.84 Å². The fourth-order valence-electron chi connectivity index (χ4n) is 1.59. The second-order valence-corrected chi connectivity index (χ2v) is 3.68. The van der Waals surface area contributed by atoms with Gasteiger partial charge in [0.25, 0.3) is 0 Å². The highest BCUT2D eigenvalue weighted by molar-refractivity contribution is 5.85. The molecule has 0 unspecified atom stereocenters. The van der Waals surface area contributed by atoms with Crippen molar-refractivity contribution in [3.63, 3.8) is 0 Å². The summed E-state index contributed by atoms with van der Waals surface area (Å²) in [6, 6.07) is 6.89. The molecule has 2 rings (SSSR count). The van der Waals surface area contributed by atoms with E-state index in [-0.39, 0.29) is 5.63 Å². The molecule has 82 valence electrons. The molecule has 0 aliphatic rings. The number of hydrogen-bond acceptors (Lipinski definition) is 3. The van der Waals surface area contributed by atoms with Gasteiger partial charge in [-0.15, -0.1) is 0 Å². The quantitative estimate of drug-likeness (QED) is 0.451. The number of aliphatic imine (C=N–C) groups is 1. The number of fused-ring (bicyclic) bond motifs is 1. The number of aryl methyl sites for hydroxylation is 1. The smallest absolute Gasteiger partial charge is 0.336 e. The van der Waals surface area contributed by atoms with Crippen LogP contribution in [0.3, 0.4) is 0 Å². The molecular formula is C12H12N2O2. The van der Waals surface area contributed by atoms with E-state index in [0.717, 1.165) is 10.9 Å². The summed E-state index contributed by atoms with van der Waals surface area (Å²) >= 11 is 0. The van der Waals surface area contributed by atoms with Gasteiger partial charge in [0.1, 0.15) is 5.58 Å². The van der Waals surface area contributed by atoms with E-state index in [9.17, 15) is 4.79 Å². The molecule has 0 bridgehead atoms. The van der Waals surface area contributed by atoms with Crippen molar-refractivity contribution in [3.05, 3.63) is 40.2 Å². The number of amidine groups is 1. The SMILES string of the molecule is CC(N)=Nc1ccc2c(C)cc(=O)oc2c1. The van der Waals surface area contributed by atoms with Gasteiger partial charge in [0.15, 0.2) is 0 Å². The highest BCUT2D eigenvalue weighted by atomic mass is 16.4. The van der Waals surface area contributed by atoms with Crippen molar-refractivity contribution in [1.29, 1.82) is 0 Å². The summed E-state index contributed by atoms with van der Waals surface area (Å²) in [7, 11) is 0. The van der Waals surface area contributed by atoms with Crippen LogP contribution >= 0.6 is 0 Å². The largest absolute Gasteiger partial charge is 0.423 e. The van der Waals surface area contributed by atoms with Crippen LogP contribution in [0.4, 0.5) is 5.69 Å². The Kier molecular flexibility index (Phi) is 2.48. The van der Waals surface area contributed by atoms with E-state index in [4.69, 9.17) is 10.2 Å². The van der Waals surface area contributed by atoms with Crippen LogP contribution in [0.5, 0.6) is 0 Å².